The van der Waals surface area contributed by atoms with Crippen molar-refractivity contribution in [1.29, 1.82) is 0 Å². The number of carboxylic acid groups (broad SMARTS) is 1. The minimum absolute atomic E-state index is 0.0675. The lowest BCUT2D eigenvalue weighted by Gasteiger charge is -2.22. The fourth-order valence-corrected chi connectivity index (χ4v) is 4.54. The van der Waals surface area contributed by atoms with Crippen molar-refractivity contribution in [2.45, 2.75) is 36.8 Å². The number of carbonyl (C=O) groups is 3. The van der Waals surface area contributed by atoms with Crippen molar-refractivity contribution in [2.75, 3.05) is 19.7 Å². The Hall–Kier alpha value is -3.53. The van der Waals surface area contributed by atoms with E-state index in [4.69, 9.17) is 9.84 Å². The highest BCUT2D eigenvalue weighted by Gasteiger charge is 2.50. The second kappa shape index (κ2) is 9.38. The van der Waals surface area contributed by atoms with Crippen molar-refractivity contribution in [2.24, 2.45) is 0 Å². The Balaban J connectivity index is 1.28. The smallest absolute Gasteiger partial charge is 0.407 e. The van der Waals surface area contributed by atoms with Gasteiger partial charge in [-0.3, -0.25) is 4.79 Å². The summed E-state index contributed by atoms with van der Waals surface area (Å²) in [5, 5.41) is 21.5. The molecule has 1 aliphatic heterocycles. The number of alkyl halides is 2. The number of likely N-dealkylation sites (tertiary alicyclic amines) is 1. The first-order valence-corrected chi connectivity index (χ1v) is 10.8. The molecule has 34 heavy (non-hydrogen) atoms. The summed E-state index contributed by atoms with van der Waals surface area (Å²) in [6.07, 6.45) is -3.77. The van der Waals surface area contributed by atoms with Crippen molar-refractivity contribution >= 4 is 18.0 Å². The van der Waals surface area contributed by atoms with Gasteiger partial charge in [0, 0.05) is 18.9 Å². The highest BCUT2D eigenvalue weighted by Crippen LogP contribution is 2.44. The molecule has 2 atom stereocenters. The number of hydrogen-bond acceptors (Lipinski definition) is 5. The van der Waals surface area contributed by atoms with Gasteiger partial charge in [0.15, 0.2) is 0 Å². The van der Waals surface area contributed by atoms with E-state index in [-0.39, 0.29) is 19.1 Å². The Morgan fingerprint density at radius 3 is 2.26 bits per heavy atom. The Labute approximate surface area is 194 Å². The van der Waals surface area contributed by atoms with Crippen molar-refractivity contribution in [3.05, 3.63) is 59.7 Å². The number of nitrogens with zero attached hydrogens (tertiary/aromatic N) is 1. The number of rotatable bonds is 7. The van der Waals surface area contributed by atoms with E-state index in [1.54, 1.807) is 0 Å². The van der Waals surface area contributed by atoms with Crippen molar-refractivity contribution in [3.63, 3.8) is 0 Å². The monoisotopic (exact) mass is 474 g/mol. The van der Waals surface area contributed by atoms with E-state index in [9.17, 15) is 28.3 Å². The van der Waals surface area contributed by atoms with Crippen LogP contribution in [-0.4, -0.2) is 70.8 Å². The minimum atomic E-state index is -3.30. The number of carboxylic acids is 1. The summed E-state index contributed by atoms with van der Waals surface area (Å²) in [6, 6.07) is 14.0. The van der Waals surface area contributed by atoms with Gasteiger partial charge in [-0.15, -0.1) is 0 Å². The van der Waals surface area contributed by atoms with Crippen LogP contribution in [-0.2, 0) is 14.3 Å². The lowest BCUT2D eigenvalue weighted by molar-refractivity contribution is -0.149. The maximum Gasteiger partial charge on any atom is 0.407 e. The average Bonchev–Trinajstić information content (AvgIpc) is 3.31. The normalized spacial score (nSPS) is 19.3. The van der Waals surface area contributed by atoms with Crippen LogP contribution in [0.4, 0.5) is 13.6 Å². The number of ether oxygens (including phenoxy) is 1. The van der Waals surface area contributed by atoms with E-state index >= 15 is 0 Å². The van der Waals surface area contributed by atoms with Crippen molar-refractivity contribution < 1.29 is 38.1 Å². The van der Waals surface area contributed by atoms with E-state index in [1.165, 1.54) is 0 Å². The number of fused-ring (bicyclic) bond motifs is 3. The van der Waals surface area contributed by atoms with Crippen LogP contribution in [0.1, 0.15) is 29.9 Å². The van der Waals surface area contributed by atoms with E-state index in [2.05, 4.69) is 5.32 Å². The third kappa shape index (κ3) is 4.86. The molecule has 10 heteroatoms. The summed E-state index contributed by atoms with van der Waals surface area (Å²) >= 11 is 0. The SMILES string of the molecule is O=C(NCC(O)CC(=O)N1CC(F)(F)CC1C(=O)O)OCC1c2ccccc2-c2ccccc21. The van der Waals surface area contributed by atoms with Gasteiger partial charge in [0.2, 0.25) is 5.91 Å². The second-order valence-electron chi connectivity index (χ2n) is 8.50. The second-order valence-corrected chi connectivity index (χ2v) is 8.50. The van der Waals surface area contributed by atoms with Crippen molar-refractivity contribution in [3.8, 4) is 11.1 Å². The third-order valence-corrected chi connectivity index (χ3v) is 6.11. The molecule has 0 bridgehead atoms. The minimum Gasteiger partial charge on any atom is -0.480 e. The quantitative estimate of drug-likeness (QED) is 0.568. The van der Waals surface area contributed by atoms with Crippen LogP contribution in [0.2, 0.25) is 0 Å². The topological polar surface area (TPSA) is 116 Å². The summed E-state index contributed by atoms with van der Waals surface area (Å²) in [5.41, 5.74) is 4.23. The molecule has 1 saturated heterocycles. The van der Waals surface area contributed by atoms with Crippen LogP contribution in [0.25, 0.3) is 11.1 Å². The number of halogens is 2. The molecule has 180 valence electrons. The molecule has 2 aliphatic rings. The van der Waals surface area contributed by atoms with Gasteiger partial charge in [-0.2, -0.15) is 0 Å². The van der Waals surface area contributed by atoms with Crippen LogP contribution < -0.4 is 5.32 Å². The molecular formula is C24H24F2N2O6. The van der Waals surface area contributed by atoms with E-state index in [1.807, 2.05) is 48.5 Å². The van der Waals surface area contributed by atoms with Gasteiger partial charge in [0.1, 0.15) is 12.6 Å². The molecule has 2 aromatic carbocycles. The Kier molecular flexibility index (Phi) is 6.52. The summed E-state index contributed by atoms with van der Waals surface area (Å²) in [4.78, 5) is 36.2. The number of benzene rings is 2. The maximum absolute atomic E-state index is 13.6. The van der Waals surface area contributed by atoms with Gasteiger partial charge < -0.3 is 25.2 Å². The zero-order valence-electron chi connectivity index (χ0n) is 18.1. The molecule has 2 unspecified atom stereocenters. The van der Waals surface area contributed by atoms with Gasteiger partial charge in [-0.1, -0.05) is 48.5 Å². The molecular weight excluding hydrogens is 450 g/mol. The fraction of sp³-hybridized carbons (Fsp3) is 0.375. The first-order chi connectivity index (χ1) is 16.2. The summed E-state index contributed by atoms with van der Waals surface area (Å²) in [6.45, 7) is -1.31. The number of aliphatic hydroxyl groups excluding tert-OH is 1. The molecule has 4 rings (SSSR count). The van der Waals surface area contributed by atoms with Crippen LogP contribution in [0.5, 0.6) is 0 Å². The van der Waals surface area contributed by atoms with E-state index < -0.39 is 55.4 Å². The Morgan fingerprint density at radius 2 is 1.68 bits per heavy atom. The zero-order valence-corrected chi connectivity index (χ0v) is 18.1. The van der Waals surface area contributed by atoms with Crippen LogP contribution in [0, 0.1) is 0 Å². The molecule has 1 heterocycles. The number of aliphatic carboxylic acids is 1. The lowest BCUT2D eigenvalue weighted by Crippen LogP contribution is -2.43. The zero-order chi connectivity index (χ0) is 24.5. The predicted octanol–water partition coefficient (Wildman–Crippen LogP) is 2.60. The van der Waals surface area contributed by atoms with Gasteiger partial charge in [0.25, 0.3) is 5.92 Å². The predicted molar refractivity (Wildman–Crippen MR) is 116 cm³/mol. The molecule has 1 aliphatic carbocycles. The Morgan fingerprint density at radius 1 is 1.09 bits per heavy atom. The number of amides is 2. The van der Waals surface area contributed by atoms with E-state index in [0.717, 1.165) is 22.3 Å². The van der Waals surface area contributed by atoms with Crippen molar-refractivity contribution in [1.82, 2.24) is 10.2 Å². The van der Waals surface area contributed by atoms with Gasteiger partial charge in [0.05, 0.1) is 19.1 Å². The summed E-state index contributed by atoms with van der Waals surface area (Å²) in [7, 11) is 0. The average molecular weight is 474 g/mol. The van der Waals surface area contributed by atoms with Gasteiger partial charge >= 0.3 is 12.1 Å². The molecule has 2 amide bonds. The molecule has 0 saturated carbocycles. The van der Waals surface area contributed by atoms with E-state index in [0.29, 0.717) is 4.90 Å². The summed E-state index contributed by atoms with van der Waals surface area (Å²) < 4.78 is 32.5. The number of aliphatic hydroxyl groups is 1. The molecule has 0 spiro atoms. The number of nitrogens with one attached hydrogen (secondary N) is 1. The molecule has 2 aromatic rings. The molecule has 8 nitrogen and oxygen atoms in total. The van der Waals surface area contributed by atoms with Crippen LogP contribution >= 0.6 is 0 Å². The standard InChI is InChI=1S/C24H24F2N2O6/c25-24(26)10-20(22(31)32)28(13-24)21(30)9-14(29)11-27-23(33)34-12-19-17-7-3-1-5-15(17)16-6-2-4-8-18(16)19/h1-8,14,19-20,29H,9-13H2,(H,27,33)(H,31,32). The number of carbonyl (C=O) groups excluding carboxylic acids is 2. The molecule has 0 aromatic heterocycles. The van der Waals surface area contributed by atoms with Crippen LogP contribution in [0.3, 0.4) is 0 Å². The molecule has 0 radical (unpaired) electrons. The number of hydrogen-bond donors (Lipinski definition) is 3. The maximum atomic E-state index is 13.6. The highest BCUT2D eigenvalue weighted by molar-refractivity contribution is 5.85. The highest BCUT2D eigenvalue weighted by atomic mass is 19.3. The molecule has 3 N–H and O–H groups in total. The third-order valence-electron chi connectivity index (χ3n) is 6.11. The molecule has 1 fully saturated rings. The summed E-state index contributed by atoms with van der Waals surface area (Å²) in [5.74, 6) is -5.90. The first kappa shape index (κ1) is 23.6. The Bertz CT molecular complexity index is 1060. The first-order valence-electron chi connectivity index (χ1n) is 10.8. The largest absolute Gasteiger partial charge is 0.480 e. The number of alkyl carbamates (subject to hydrolysis) is 1. The van der Waals surface area contributed by atoms with Gasteiger partial charge in [-0.05, 0) is 22.3 Å². The lowest BCUT2D eigenvalue weighted by atomic mass is 9.98. The van der Waals surface area contributed by atoms with Gasteiger partial charge in [-0.25, -0.2) is 18.4 Å². The fourth-order valence-electron chi connectivity index (χ4n) is 4.54. The van der Waals surface area contributed by atoms with Crippen LogP contribution in [0.15, 0.2) is 48.5 Å².